The van der Waals surface area contributed by atoms with E-state index in [1.54, 1.807) is 6.07 Å². The number of benzene rings is 1. The number of hydrogen-bond acceptors (Lipinski definition) is 6. The molecule has 0 saturated carbocycles. The predicted molar refractivity (Wildman–Crippen MR) is 92.4 cm³/mol. The van der Waals surface area contributed by atoms with Crippen LogP contribution in [0.2, 0.25) is 0 Å². The molecule has 24 heavy (non-hydrogen) atoms. The van der Waals surface area contributed by atoms with E-state index in [0.717, 1.165) is 32.0 Å². The molecule has 7 nitrogen and oxygen atoms in total. The highest BCUT2D eigenvalue weighted by molar-refractivity contribution is 5.96. The van der Waals surface area contributed by atoms with Gasteiger partial charge in [0.05, 0.1) is 17.6 Å². The predicted octanol–water partition coefficient (Wildman–Crippen LogP) is 2.92. The summed E-state index contributed by atoms with van der Waals surface area (Å²) in [6, 6.07) is 4.20. The van der Waals surface area contributed by atoms with E-state index >= 15 is 0 Å². The van der Waals surface area contributed by atoms with Crippen LogP contribution in [0.1, 0.15) is 36.5 Å². The zero-order valence-electron chi connectivity index (χ0n) is 14.3. The van der Waals surface area contributed by atoms with Gasteiger partial charge in [0.15, 0.2) is 0 Å². The van der Waals surface area contributed by atoms with E-state index < -0.39 is 10.9 Å². The number of hydrogen-bond donors (Lipinski definition) is 1. The van der Waals surface area contributed by atoms with Crippen LogP contribution in [0, 0.1) is 16.0 Å². The first-order valence-electron chi connectivity index (χ1n) is 8.34. The highest BCUT2D eigenvalue weighted by Gasteiger charge is 2.18. The van der Waals surface area contributed by atoms with Gasteiger partial charge in [0, 0.05) is 24.4 Å². The van der Waals surface area contributed by atoms with Crippen LogP contribution >= 0.6 is 0 Å². The number of non-ortho nitro benzene ring substituents is 1. The first-order chi connectivity index (χ1) is 11.5. The summed E-state index contributed by atoms with van der Waals surface area (Å²) < 4.78 is 4.71. The largest absolute Gasteiger partial charge is 0.465 e. The van der Waals surface area contributed by atoms with Gasteiger partial charge in [-0.15, -0.1) is 0 Å². The summed E-state index contributed by atoms with van der Waals surface area (Å²) in [5.74, 6) is 0.244. The van der Waals surface area contributed by atoms with E-state index in [1.165, 1.54) is 32.1 Å². The fourth-order valence-corrected chi connectivity index (χ4v) is 2.89. The highest BCUT2D eigenvalue weighted by Crippen LogP contribution is 2.23. The van der Waals surface area contributed by atoms with Crippen molar-refractivity contribution in [1.82, 2.24) is 4.90 Å². The number of esters is 1. The first kappa shape index (κ1) is 18.2. The number of nitro groups is 1. The van der Waals surface area contributed by atoms with Gasteiger partial charge in [-0.2, -0.15) is 0 Å². The Labute approximate surface area is 142 Å². The summed E-state index contributed by atoms with van der Waals surface area (Å²) in [6.07, 6.45) is 3.45. The summed E-state index contributed by atoms with van der Waals surface area (Å²) in [4.78, 5) is 24.6. The van der Waals surface area contributed by atoms with Crippen LogP contribution in [0.4, 0.5) is 11.4 Å². The van der Waals surface area contributed by atoms with Gasteiger partial charge in [0.25, 0.3) is 5.69 Å². The molecule has 132 valence electrons. The molecule has 1 saturated heterocycles. The lowest BCUT2D eigenvalue weighted by Gasteiger charge is -2.30. The third-order valence-corrected chi connectivity index (χ3v) is 4.46. The summed E-state index contributed by atoms with van der Waals surface area (Å²) in [6.45, 7) is 6.30. The van der Waals surface area contributed by atoms with Crippen molar-refractivity contribution in [3.8, 4) is 0 Å². The minimum atomic E-state index is -0.578. The van der Waals surface area contributed by atoms with Gasteiger partial charge in [-0.25, -0.2) is 4.79 Å². The number of nitrogens with zero attached hydrogens (tertiary/aromatic N) is 2. The third-order valence-electron chi connectivity index (χ3n) is 4.46. The van der Waals surface area contributed by atoms with Gasteiger partial charge in [-0.05, 0) is 50.9 Å². The molecule has 1 aromatic carbocycles. The maximum absolute atomic E-state index is 11.8. The fraction of sp³-hybridized carbons (Fsp3) is 0.588. The van der Waals surface area contributed by atoms with Crippen molar-refractivity contribution in [1.29, 1.82) is 0 Å². The van der Waals surface area contributed by atoms with Gasteiger partial charge in [0.1, 0.15) is 0 Å². The minimum Gasteiger partial charge on any atom is -0.465 e. The standard InChI is InChI=1S/C17H25N3O4/c1-13-6-10-19(11-7-13)9-3-8-18-16-5-4-14(20(22)23)12-15(16)17(21)24-2/h4-5,12-13,18H,3,6-11H2,1-2H3. The van der Waals surface area contributed by atoms with Crippen molar-refractivity contribution >= 4 is 17.3 Å². The van der Waals surface area contributed by atoms with Crippen LogP contribution in [0.3, 0.4) is 0 Å². The molecular formula is C17H25N3O4. The van der Waals surface area contributed by atoms with Crippen molar-refractivity contribution in [3.05, 3.63) is 33.9 Å². The Hall–Kier alpha value is -2.15. The topological polar surface area (TPSA) is 84.7 Å². The third kappa shape index (κ3) is 4.92. The normalized spacial score (nSPS) is 15.9. The second-order valence-electron chi connectivity index (χ2n) is 6.28. The lowest BCUT2D eigenvalue weighted by molar-refractivity contribution is -0.384. The smallest absolute Gasteiger partial charge is 0.340 e. The first-order valence-corrected chi connectivity index (χ1v) is 8.34. The van der Waals surface area contributed by atoms with E-state index in [0.29, 0.717) is 12.2 Å². The molecule has 1 fully saturated rings. The fourth-order valence-electron chi connectivity index (χ4n) is 2.89. The number of nitro benzene ring substituents is 1. The van der Waals surface area contributed by atoms with E-state index in [-0.39, 0.29) is 11.3 Å². The number of likely N-dealkylation sites (tertiary alicyclic amines) is 1. The molecule has 0 amide bonds. The van der Waals surface area contributed by atoms with Gasteiger partial charge >= 0.3 is 5.97 Å². The number of anilines is 1. The lowest BCUT2D eigenvalue weighted by Crippen LogP contribution is -2.34. The van der Waals surface area contributed by atoms with E-state index in [1.807, 2.05) is 0 Å². The molecule has 0 aromatic heterocycles. The Balaban J connectivity index is 1.89. The van der Waals surface area contributed by atoms with Crippen LogP contribution in [-0.4, -0.2) is 49.1 Å². The molecule has 0 aliphatic carbocycles. The summed E-state index contributed by atoms with van der Waals surface area (Å²) in [5.41, 5.74) is 0.640. The molecule has 0 radical (unpaired) electrons. The van der Waals surface area contributed by atoms with E-state index in [2.05, 4.69) is 17.1 Å². The van der Waals surface area contributed by atoms with Gasteiger partial charge in [-0.3, -0.25) is 10.1 Å². The van der Waals surface area contributed by atoms with Crippen molar-refractivity contribution in [2.24, 2.45) is 5.92 Å². The Morgan fingerprint density at radius 2 is 2.12 bits per heavy atom. The molecule has 1 N–H and O–H groups in total. The molecular weight excluding hydrogens is 310 g/mol. The highest BCUT2D eigenvalue weighted by atomic mass is 16.6. The number of carbonyl (C=O) groups is 1. The SMILES string of the molecule is COC(=O)c1cc([N+](=O)[O-])ccc1NCCCN1CCC(C)CC1. The second-order valence-corrected chi connectivity index (χ2v) is 6.28. The summed E-state index contributed by atoms with van der Waals surface area (Å²) >= 11 is 0. The zero-order chi connectivity index (χ0) is 17.5. The number of piperidine rings is 1. The Morgan fingerprint density at radius 1 is 1.42 bits per heavy atom. The van der Waals surface area contributed by atoms with Crippen molar-refractivity contribution in [2.45, 2.75) is 26.2 Å². The van der Waals surface area contributed by atoms with Crippen molar-refractivity contribution in [2.75, 3.05) is 38.6 Å². The maximum Gasteiger partial charge on any atom is 0.340 e. The molecule has 1 aromatic rings. The summed E-state index contributed by atoms with van der Waals surface area (Å²) in [7, 11) is 1.27. The molecule has 1 heterocycles. The van der Waals surface area contributed by atoms with Gasteiger partial charge < -0.3 is 15.0 Å². The Kier molecular flexibility index (Phi) is 6.54. The molecule has 1 aliphatic heterocycles. The molecule has 7 heteroatoms. The zero-order valence-corrected chi connectivity index (χ0v) is 14.3. The molecule has 0 bridgehead atoms. The van der Waals surface area contributed by atoms with Crippen molar-refractivity contribution < 1.29 is 14.5 Å². The van der Waals surface area contributed by atoms with E-state index in [4.69, 9.17) is 4.74 Å². The van der Waals surface area contributed by atoms with Crippen LogP contribution in [0.25, 0.3) is 0 Å². The number of rotatable bonds is 7. The molecule has 0 spiro atoms. The molecule has 2 rings (SSSR count). The quantitative estimate of drug-likeness (QED) is 0.357. The van der Waals surface area contributed by atoms with Crippen LogP contribution < -0.4 is 5.32 Å². The molecule has 0 unspecified atom stereocenters. The van der Waals surface area contributed by atoms with Crippen LogP contribution in [0.15, 0.2) is 18.2 Å². The Morgan fingerprint density at radius 3 is 2.75 bits per heavy atom. The maximum atomic E-state index is 11.8. The molecule has 0 atom stereocenters. The molecule has 1 aliphatic rings. The van der Waals surface area contributed by atoms with Crippen molar-refractivity contribution in [3.63, 3.8) is 0 Å². The second kappa shape index (κ2) is 8.63. The average molecular weight is 335 g/mol. The average Bonchev–Trinajstić information content (AvgIpc) is 2.59. The number of ether oxygens (including phenoxy) is 1. The monoisotopic (exact) mass is 335 g/mol. The minimum absolute atomic E-state index is 0.122. The summed E-state index contributed by atoms with van der Waals surface area (Å²) in [5, 5.41) is 14.1. The number of carbonyl (C=O) groups excluding carboxylic acids is 1. The lowest BCUT2D eigenvalue weighted by atomic mass is 9.99. The van der Waals surface area contributed by atoms with E-state index in [9.17, 15) is 14.9 Å². The van der Waals surface area contributed by atoms with Crippen LogP contribution in [-0.2, 0) is 4.74 Å². The van der Waals surface area contributed by atoms with Gasteiger partial charge in [-0.1, -0.05) is 6.92 Å². The Bertz CT molecular complexity index is 583. The number of nitrogens with one attached hydrogen (secondary N) is 1. The van der Waals surface area contributed by atoms with Gasteiger partial charge in [0.2, 0.25) is 0 Å². The number of methoxy groups -OCH3 is 1. The van der Waals surface area contributed by atoms with Crippen LogP contribution in [0.5, 0.6) is 0 Å².